The predicted octanol–water partition coefficient (Wildman–Crippen LogP) is 1.74. The molecule has 2 amide bonds. The maximum absolute atomic E-state index is 13.9. The summed E-state index contributed by atoms with van der Waals surface area (Å²) in [6, 6.07) is 6.25. The minimum absolute atomic E-state index is 0.0418. The Balaban J connectivity index is 1.47. The van der Waals surface area contributed by atoms with E-state index < -0.39 is 0 Å². The maximum atomic E-state index is 13.9. The fraction of sp³-hybridized carbons (Fsp3) is 0.545. The van der Waals surface area contributed by atoms with Gasteiger partial charge in [0, 0.05) is 39.7 Å². The van der Waals surface area contributed by atoms with Gasteiger partial charge in [-0.2, -0.15) is 0 Å². The van der Waals surface area contributed by atoms with Gasteiger partial charge in [-0.1, -0.05) is 18.2 Å². The van der Waals surface area contributed by atoms with Crippen LogP contribution in [0.15, 0.2) is 24.3 Å². The summed E-state index contributed by atoms with van der Waals surface area (Å²) in [5.74, 6) is 1.10. The van der Waals surface area contributed by atoms with Crippen molar-refractivity contribution < 1.29 is 18.7 Å². The first-order valence-electron chi connectivity index (χ1n) is 10.8. The highest BCUT2D eigenvalue weighted by Gasteiger charge is 2.33. The first kappa shape index (κ1) is 21.4. The summed E-state index contributed by atoms with van der Waals surface area (Å²) in [5.41, 5.74) is 0.409. The zero-order valence-corrected chi connectivity index (χ0v) is 17.8. The number of hydrogen-bond donors (Lipinski definition) is 0. The van der Waals surface area contributed by atoms with Crippen LogP contribution in [0.3, 0.4) is 0 Å². The van der Waals surface area contributed by atoms with Gasteiger partial charge >= 0.3 is 0 Å². The van der Waals surface area contributed by atoms with E-state index in [4.69, 9.17) is 4.74 Å². The number of benzene rings is 1. The molecule has 1 fully saturated rings. The zero-order chi connectivity index (χ0) is 21.8. The molecule has 8 nitrogen and oxygen atoms in total. The van der Waals surface area contributed by atoms with Gasteiger partial charge in [0.1, 0.15) is 18.2 Å². The largest absolute Gasteiger partial charge is 0.375 e. The van der Waals surface area contributed by atoms with Crippen molar-refractivity contribution in [2.45, 2.75) is 44.7 Å². The van der Waals surface area contributed by atoms with Crippen LogP contribution in [-0.4, -0.2) is 69.7 Å². The van der Waals surface area contributed by atoms with E-state index in [-0.39, 0.29) is 36.7 Å². The Morgan fingerprint density at radius 2 is 1.94 bits per heavy atom. The summed E-state index contributed by atoms with van der Waals surface area (Å²) in [5, 5.41) is 8.80. The summed E-state index contributed by atoms with van der Waals surface area (Å²) in [4.78, 5) is 28.9. The number of hydrogen-bond acceptors (Lipinski definition) is 5. The van der Waals surface area contributed by atoms with E-state index in [1.54, 1.807) is 23.1 Å². The van der Waals surface area contributed by atoms with Gasteiger partial charge in [0.15, 0.2) is 5.82 Å². The molecule has 0 aliphatic carbocycles. The number of methoxy groups -OCH3 is 1. The molecule has 0 spiro atoms. The third kappa shape index (κ3) is 4.61. The first-order valence-corrected chi connectivity index (χ1v) is 10.8. The Morgan fingerprint density at radius 3 is 2.74 bits per heavy atom. The van der Waals surface area contributed by atoms with E-state index in [1.165, 1.54) is 13.2 Å². The number of carbonyl (C=O) groups excluding carboxylic acids is 2. The van der Waals surface area contributed by atoms with Crippen molar-refractivity contribution in [1.82, 2.24) is 24.6 Å². The molecular weight excluding hydrogens is 401 g/mol. The fourth-order valence-electron chi connectivity index (χ4n) is 4.46. The van der Waals surface area contributed by atoms with E-state index in [0.29, 0.717) is 38.2 Å². The molecule has 1 aromatic heterocycles. The number of halogens is 1. The lowest BCUT2D eigenvalue weighted by Crippen LogP contribution is -2.41. The summed E-state index contributed by atoms with van der Waals surface area (Å²) in [6.45, 7) is 2.31. The Kier molecular flexibility index (Phi) is 6.60. The average molecular weight is 429 g/mol. The second-order valence-electron chi connectivity index (χ2n) is 8.06. The van der Waals surface area contributed by atoms with Crippen molar-refractivity contribution in [2.24, 2.45) is 0 Å². The molecule has 1 atom stereocenters. The smallest absolute Gasteiger partial charge is 0.249 e. The van der Waals surface area contributed by atoms with Crippen molar-refractivity contribution >= 4 is 11.8 Å². The van der Waals surface area contributed by atoms with E-state index in [0.717, 1.165) is 30.9 Å². The van der Waals surface area contributed by atoms with Crippen LogP contribution in [0.5, 0.6) is 0 Å². The molecule has 0 bridgehead atoms. The molecule has 0 saturated carbocycles. The van der Waals surface area contributed by atoms with Crippen molar-refractivity contribution in [1.29, 1.82) is 0 Å². The number of amides is 2. The Bertz CT molecular complexity index is 947. The highest BCUT2D eigenvalue weighted by atomic mass is 19.1. The van der Waals surface area contributed by atoms with Crippen molar-refractivity contribution in [3.8, 4) is 0 Å². The SMILES string of the molecule is COCC(=O)N1CCCCC1c1nnc2n1CCN(C(=O)Cc1ccccc1F)CC2. The molecule has 2 aromatic rings. The molecule has 0 radical (unpaired) electrons. The molecule has 2 aliphatic heterocycles. The van der Waals surface area contributed by atoms with Crippen LogP contribution in [0.25, 0.3) is 0 Å². The number of aromatic nitrogens is 3. The van der Waals surface area contributed by atoms with Crippen LogP contribution in [0.4, 0.5) is 4.39 Å². The number of rotatable bonds is 5. The molecule has 2 aliphatic rings. The van der Waals surface area contributed by atoms with Crippen molar-refractivity contribution in [2.75, 3.05) is 33.4 Å². The van der Waals surface area contributed by atoms with Crippen LogP contribution in [0, 0.1) is 5.82 Å². The van der Waals surface area contributed by atoms with Crippen LogP contribution < -0.4 is 0 Å². The normalized spacial score (nSPS) is 19.1. The van der Waals surface area contributed by atoms with E-state index in [2.05, 4.69) is 14.8 Å². The Labute approximate surface area is 181 Å². The quantitative estimate of drug-likeness (QED) is 0.723. The molecule has 166 valence electrons. The Morgan fingerprint density at radius 1 is 1.10 bits per heavy atom. The van der Waals surface area contributed by atoms with Gasteiger partial charge in [0.25, 0.3) is 0 Å². The predicted molar refractivity (Wildman–Crippen MR) is 111 cm³/mol. The number of likely N-dealkylation sites (tertiary alicyclic amines) is 1. The number of fused-ring (bicyclic) bond motifs is 1. The molecule has 0 N–H and O–H groups in total. The van der Waals surface area contributed by atoms with Crippen LogP contribution in [0.1, 0.15) is 42.5 Å². The molecule has 31 heavy (non-hydrogen) atoms. The van der Waals surface area contributed by atoms with Gasteiger partial charge in [-0.15, -0.1) is 10.2 Å². The Hall–Kier alpha value is -2.81. The molecular formula is C22H28FN5O3. The third-order valence-electron chi connectivity index (χ3n) is 6.10. The monoisotopic (exact) mass is 429 g/mol. The van der Waals surface area contributed by atoms with Gasteiger partial charge in [-0.3, -0.25) is 9.59 Å². The van der Waals surface area contributed by atoms with Gasteiger partial charge < -0.3 is 19.1 Å². The lowest BCUT2D eigenvalue weighted by atomic mass is 10.0. The van der Waals surface area contributed by atoms with Gasteiger partial charge in [0.2, 0.25) is 11.8 Å². The lowest BCUT2D eigenvalue weighted by molar-refractivity contribution is -0.139. The second-order valence-corrected chi connectivity index (χ2v) is 8.06. The number of carbonyl (C=O) groups is 2. The minimum atomic E-state index is -0.358. The lowest BCUT2D eigenvalue weighted by Gasteiger charge is -2.35. The summed E-state index contributed by atoms with van der Waals surface area (Å²) < 4.78 is 21.0. The van der Waals surface area contributed by atoms with Crippen molar-refractivity contribution in [3.63, 3.8) is 0 Å². The van der Waals surface area contributed by atoms with Crippen LogP contribution in [-0.2, 0) is 33.7 Å². The fourth-order valence-corrected chi connectivity index (χ4v) is 4.46. The van der Waals surface area contributed by atoms with Gasteiger partial charge in [-0.05, 0) is 30.9 Å². The van der Waals surface area contributed by atoms with Gasteiger partial charge in [-0.25, -0.2) is 4.39 Å². The second kappa shape index (κ2) is 9.55. The number of piperidine rings is 1. The summed E-state index contributed by atoms with van der Waals surface area (Å²) >= 11 is 0. The van der Waals surface area contributed by atoms with E-state index in [9.17, 15) is 14.0 Å². The topological polar surface area (TPSA) is 80.6 Å². The van der Waals surface area contributed by atoms with E-state index >= 15 is 0 Å². The minimum Gasteiger partial charge on any atom is -0.375 e. The average Bonchev–Trinajstić information content (AvgIpc) is 3.06. The van der Waals surface area contributed by atoms with Crippen LogP contribution in [0.2, 0.25) is 0 Å². The summed E-state index contributed by atoms with van der Waals surface area (Å²) in [6.07, 6.45) is 3.45. The first-order chi connectivity index (χ1) is 15.1. The maximum Gasteiger partial charge on any atom is 0.249 e. The van der Waals surface area contributed by atoms with Crippen LogP contribution >= 0.6 is 0 Å². The number of ether oxygens (including phenoxy) is 1. The molecule has 9 heteroatoms. The number of nitrogens with zero attached hydrogens (tertiary/aromatic N) is 5. The molecule has 1 aromatic carbocycles. The molecule has 1 saturated heterocycles. The van der Waals surface area contributed by atoms with E-state index in [1.807, 2.05) is 4.90 Å². The van der Waals surface area contributed by atoms with Crippen molar-refractivity contribution in [3.05, 3.63) is 47.3 Å². The standard InChI is InChI=1S/C22H28FN5O3/c1-31-15-21(30)27-10-5-4-8-18(27)22-25-24-19-9-11-26(12-13-28(19)22)20(29)14-16-6-2-3-7-17(16)23/h2-3,6-7,18H,4-5,8-15H2,1H3. The molecule has 1 unspecified atom stereocenters. The summed E-state index contributed by atoms with van der Waals surface area (Å²) in [7, 11) is 1.52. The zero-order valence-electron chi connectivity index (χ0n) is 17.8. The molecule has 4 rings (SSSR count). The highest BCUT2D eigenvalue weighted by molar-refractivity contribution is 5.79. The van der Waals surface area contributed by atoms with Gasteiger partial charge in [0.05, 0.1) is 12.5 Å². The third-order valence-corrected chi connectivity index (χ3v) is 6.10. The molecule has 3 heterocycles. The highest BCUT2D eigenvalue weighted by Crippen LogP contribution is 2.31.